The molecule has 5 atom stereocenters. The maximum atomic E-state index is 11.7. The van der Waals surface area contributed by atoms with Gasteiger partial charge in [-0.05, 0) is 19.3 Å². The summed E-state index contributed by atoms with van der Waals surface area (Å²) in [6.45, 7) is 4.08. The zero-order chi connectivity index (χ0) is 10.5. The number of carbonyl (C=O) groups is 1. The maximum absolute atomic E-state index is 11.7. The van der Waals surface area contributed by atoms with Crippen molar-refractivity contribution in [3.8, 4) is 0 Å². The lowest BCUT2D eigenvalue weighted by molar-refractivity contribution is -0.127. The van der Waals surface area contributed by atoms with Gasteiger partial charge in [0.15, 0.2) is 0 Å². The Balaban J connectivity index is 2.31. The molecule has 0 spiro atoms. The number of halogens is 1. The molecule has 80 valence electrons. The van der Waals surface area contributed by atoms with Crippen LogP contribution in [0.15, 0.2) is 0 Å². The fourth-order valence-corrected chi connectivity index (χ4v) is 3.69. The lowest BCUT2D eigenvalue weighted by Crippen LogP contribution is -2.39. The molecular weight excluding hydrogens is 200 g/mol. The van der Waals surface area contributed by atoms with Crippen LogP contribution < -0.4 is 0 Å². The Morgan fingerprint density at radius 3 is 2.79 bits per heavy atom. The molecule has 0 aromatic carbocycles. The molecule has 0 amide bonds. The number of ether oxygens (including phenoxy) is 1. The largest absolute Gasteiger partial charge is 0.378 e. The van der Waals surface area contributed by atoms with Crippen LogP contribution in [0.2, 0.25) is 0 Å². The molecule has 0 aliphatic heterocycles. The lowest BCUT2D eigenvalue weighted by Gasteiger charge is -2.33. The quantitative estimate of drug-likeness (QED) is 0.629. The molecular formula is C11H17ClO2. The summed E-state index contributed by atoms with van der Waals surface area (Å²) in [7, 11) is 1.72. The first-order valence-corrected chi connectivity index (χ1v) is 5.65. The fourth-order valence-electron chi connectivity index (χ4n) is 3.02. The molecule has 2 aliphatic carbocycles. The van der Waals surface area contributed by atoms with Crippen LogP contribution in [0.4, 0.5) is 0 Å². The van der Waals surface area contributed by atoms with Gasteiger partial charge in [0.25, 0.3) is 0 Å². The van der Waals surface area contributed by atoms with Crippen LogP contribution in [0.5, 0.6) is 0 Å². The van der Waals surface area contributed by atoms with E-state index in [1.807, 2.05) is 6.92 Å². The second-order valence-corrected chi connectivity index (χ2v) is 5.40. The summed E-state index contributed by atoms with van der Waals surface area (Å²) in [6, 6.07) is 0. The molecule has 2 aliphatic rings. The van der Waals surface area contributed by atoms with Gasteiger partial charge in [-0.25, -0.2) is 0 Å². The Morgan fingerprint density at radius 1 is 1.57 bits per heavy atom. The van der Waals surface area contributed by atoms with E-state index in [1.54, 1.807) is 7.11 Å². The van der Waals surface area contributed by atoms with Crippen LogP contribution >= 0.6 is 11.6 Å². The van der Waals surface area contributed by atoms with Crippen LogP contribution in [0.3, 0.4) is 0 Å². The van der Waals surface area contributed by atoms with Gasteiger partial charge in [0, 0.05) is 30.7 Å². The molecule has 0 heterocycles. The Labute approximate surface area is 90.0 Å². The van der Waals surface area contributed by atoms with Gasteiger partial charge in [0.05, 0.1) is 5.60 Å². The highest BCUT2D eigenvalue weighted by atomic mass is 35.5. The van der Waals surface area contributed by atoms with Gasteiger partial charge >= 0.3 is 0 Å². The minimum atomic E-state index is -0.183. The van der Waals surface area contributed by atoms with E-state index in [0.717, 1.165) is 6.42 Å². The second kappa shape index (κ2) is 3.21. The van der Waals surface area contributed by atoms with Crippen molar-refractivity contribution in [2.45, 2.75) is 37.7 Å². The van der Waals surface area contributed by atoms with Gasteiger partial charge in [0.1, 0.15) is 5.78 Å². The second-order valence-electron chi connectivity index (χ2n) is 4.89. The highest BCUT2D eigenvalue weighted by Crippen LogP contribution is 2.53. The summed E-state index contributed by atoms with van der Waals surface area (Å²) >= 11 is 6.37. The minimum Gasteiger partial charge on any atom is -0.378 e. The summed E-state index contributed by atoms with van der Waals surface area (Å²) in [4.78, 5) is 11.7. The molecule has 5 unspecified atom stereocenters. The smallest absolute Gasteiger partial charge is 0.136 e. The van der Waals surface area contributed by atoms with Crippen LogP contribution in [0, 0.1) is 17.8 Å². The van der Waals surface area contributed by atoms with Crippen LogP contribution in [0.25, 0.3) is 0 Å². The zero-order valence-corrected chi connectivity index (χ0v) is 9.67. The number of hydrogen-bond donors (Lipinski definition) is 0. The van der Waals surface area contributed by atoms with Gasteiger partial charge in [0.2, 0.25) is 0 Å². The van der Waals surface area contributed by atoms with E-state index >= 15 is 0 Å². The SMILES string of the molecule is COC1(C)CC2C(C)C(=O)CC1C2Cl. The van der Waals surface area contributed by atoms with Gasteiger partial charge in [-0.1, -0.05) is 6.92 Å². The Morgan fingerprint density at radius 2 is 2.21 bits per heavy atom. The summed E-state index contributed by atoms with van der Waals surface area (Å²) in [5.74, 6) is 0.999. The third-order valence-corrected chi connectivity index (χ3v) is 4.88. The summed E-state index contributed by atoms with van der Waals surface area (Å²) in [5.41, 5.74) is -0.183. The van der Waals surface area contributed by atoms with Crippen LogP contribution in [0.1, 0.15) is 26.7 Å². The van der Waals surface area contributed by atoms with Gasteiger partial charge in [-0.2, -0.15) is 0 Å². The maximum Gasteiger partial charge on any atom is 0.136 e. The predicted molar refractivity (Wildman–Crippen MR) is 55.4 cm³/mol. The normalized spacial score (nSPS) is 52.4. The molecule has 2 nitrogen and oxygen atoms in total. The van der Waals surface area contributed by atoms with Gasteiger partial charge < -0.3 is 4.74 Å². The fraction of sp³-hybridized carbons (Fsp3) is 0.909. The molecule has 14 heavy (non-hydrogen) atoms. The van der Waals surface area contributed by atoms with Gasteiger partial charge in [-0.3, -0.25) is 4.79 Å². The van der Waals surface area contributed by atoms with Crippen molar-refractivity contribution in [1.82, 2.24) is 0 Å². The third-order valence-electron chi connectivity index (χ3n) is 4.26. The standard InChI is InChI=1S/C11H17ClO2/c1-6-7-5-11(2,14-3)8(10(7)12)4-9(6)13/h6-8,10H,4-5H2,1-3H3. The Kier molecular flexibility index (Phi) is 2.39. The average Bonchev–Trinajstić information content (AvgIpc) is 2.35. The van der Waals surface area contributed by atoms with Crippen molar-refractivity contribution in [2.75, 3.05) is 7.11 Å². The molecule has 2 fully saturated rings. The van der Waals surface area contributed by atoms with Crippen LogP contribution in [-0.2, 0) is 9.53 Å². The molecule has 2 rings (SSSR count). The molecule has 2 saturated carbocycles. The summed E-state index contributed by atoms with van der Waals surface area (Å²) < 4.78 is 5.54. The van der Waals surface area contributed by atoms with Gasteiger partial charge in [-0.15, -0.1) is 11.6 Å². The minimum absolute atomic E-state index is 0.116. The van der Waals surface area contributed by atoms with Crippen molar-refractivity contribution in [2.24, 2.45) is 17.8 Å². The number of ketones is 1. The number of methoxy groups -OCH3 is 1. The van der Waals surface area contributed by atoms with E-state index in [9.17, 15) is 4.79 Å². The number of hydrogen-bond acceptors (Lipinski definition) is 2. The lowest BCUT2D eigenvalue weighted by atomic mass is 9.79. The van der Waals surface area contributed by atoms with E-state index in [4.69, 9.17) is 16.3 Å². The topological polar surface area (TPSA) is 26.3 Å². The molecule has 0 saturated heterocycles. The third kappa shape index (κ3) is 1.24. The van der Waals surface area contributed by atoms with E-state index in [0.29, 0.717) is 18.1 Å². The zero-order valence-electron chi connectivity index (χ0n) is 8.92. The highest BCUT2D eigenvalue weighted by Gasteiger charge is 2.56. The highest BCUT2D eigenvalue weighted by molar-refractivity contribution is 6.22. The molecule has 0 N–H and O–H groups in total. The van der Waals surface area contributed by atoms with E-state index in [2.05, 4.69) is 6.92 Å². The van der Waals surface area contributed by atoms with Crippen molar-refractivity contribution in [3.05, 3.63) is 0 Å². The summed E-state index contributed by atoms with van der Waals surface area (Å²) in [6.07, 6.45) is 1.52. The van der Waals surface area contributed by atoms with Crippen molar-refractivity contribution in [3.63, 3.8) is 0 Å². The molecule has 3 heteroatoms. The number of Topliss-reactive ketones (excluding diaryl/α,β-unsaturated/α-hetero) is 1. The van der Waals surface area contributed by atoms with E-state index in [1.165, 1.54) is 0 Å². The molecule has 2 bridgehead atoms. The predicted octanol–water partition coefficient (Wildman–Crippen LogP) is 2.24. The van der Waals surface area contributed by atoms with Crippen molar-refractivity contribution >= 4 is 17.4 Å². The summed E-state index contributed by atoms with van der Waals surface area (Å²) in [5, 5.41) is 0.118. The Bertz CT molecular complexity index is 266. The molecule has 0 radical (unpaired) electrons. The van der Waals surface area contributed by atoms with Crippen LogP contribution in [-0.4, -0.2) is 23.9 Å². The van der Waals surface area contributed by atoms with E-state index in [-0.39, 0.29) is 22.8 Å². The number of fused-ring (bicyclic) bond motifs is 2. The molecule has 0 aromatic heterocycles. The number of alkyl halides is 1. The first-order valence-electron chi connectivity index (χ1n) is 5.21. The average molecular weight is 217 g/mol. The monoisotopic (exact) mass is 216 g/mol. The Hall–Kier alpha value is -0.0800. The first kappa shape index (κ1) is 10.4. The van der Waals surface area contributed by atoms with Crippen molar-refractivity contribution in [1.29, 1.82) is 0 Å². The molecule has 0 aromatic rings. The van der Waals surface area contributed by atoms with Crippen molar-refractivity contribution < 1.29 is 9.53 Å². The van der Waals surface area contributed by atoms with E-state index < -0.39 is 0 Å². The number of rotatable bonds is 1. The first-order chi connectivity index (χ1) is 6.49. The number of carbonyl (C=O) groups excluding carboxylic acids is 1.